The molecule has 0 aliphatic carbocycles. The molecule has 1 aromatic heterocycles. The van der Waals surface area contributed by atoms with Crippen LogP contribution in [0.2, 0.25) is 0 Å². The van der Waals surface area contributed by atoms with Crippen molar-refractivity contribution in [2.75, 3.05) is 17.6 Å². The molecule has 0 radical (unpaired) electrons. The molecule has 0 aromatic carbocycles. The summed E-state index contributed by atoms with van der Waals surface area (Å²) in [6.07, 6.45) is 2.45. The van der Waals surface area contributed by atoms with Crippen LogP contribution >= 0.6 is 23.1 Å². The van der Waals surface area contributed by atoms with Crippen molar-refractivity contribution < 1.29 is 0 Å². The molecular formula is C9H13NS2. The quantitative estimate of drug-likeness (QED) is 0.745. The second-order valence-electron chi connectivity index (χ2n) is 2.90. The first-order valence-corrected chi connectivity index (χ1v) is 6.19. The number of aryl methyl sites for hydroxylation is 1. The van der Waals surface area contributed by atoms with Gasteiger partial charge >= 0.3 is 0 Å². The number of fused-ring (bicyclic) bond motifs is 1. The van der Waals surface area contributed by atoms with Gasteiger partial charge in [0.25, 0.3) is 0 Å². The zero-order valence-corrected chi connectivity index (χ0v) is 8.86. The van der Waals surface area contributed by atoms with E-state index in [0.29, 0.717) is 0 Å². The molecule has 1 aromatic rings. The van der Waals surface area contributed by atoms with E-state index in [1.54, 1.807) is 0 Å². The Bertz CT molecular complexity index is 244. The molecule has 0 unspecified atom stereocenters. The number of nitrogens with one attached hydrogen (secondary N) is 1. The zero-order valence-electron chi connectivity index (χ0n) is 7.22. The van der Waals surface area contributed by atoms with Crippen LogP contribution in [0.4, 0.5) is 5.69 Å². The second-order valence-corrected chi connectivity index (χ2v) is 5.40. The minimum atomic E-state index is 1.14. The Kier molecular flexibility index (Phi) is 2.61. The van der Waals surface area contributed by atoms with Crippen LogP contribution in [0.15, 0.2) is 10.3 Å². The summed E-state index contributed by atoms with van der Waals surface area (Å²) in [4.78, 5) is 1.50. The van der Waals surface area contributed by atoms with Crippen LogP contribution in [-0.2, 0) is 6.42 Å². The van der Waals surface area contributed by atoms with Crippen molar-refractivity contribution in [1.82, 2.24) is 0 Å². The maximum atomic E-state index is 3.47. The Morgan fingerprint density at radius 1 is 1.58 bits per heavy atom. The highest BCUT2D eigenvalue weighted by atomic mass is 32.2. The Morgan fingerprint density at radius 3 is 3.33 bits per heavy atom. The molecule has 0 fully saturated rings. The second kappa shape index (κ2) is 3.71. The van der Waals surface area contributed by atoms with Gasteiger partial charge in [-0.15, -0.1) is 23.1 Å². The summed E-state index contributed by atoms with van der Waals surface area (Å²) in [5.74, 6) is 1.27. The van der Waals surface area contributed by atoms with Crippen LogP contribution < -0.4 is 5.32 Å². The van der Waals surface area contributed by atoms with Crippen LogP contribution in [0.1, 0.15) is 18.2 Å². The van der Waals surface area contributed by atoms with E-state index in [1.807, 2.05) is 23.1 Å². The SMILES string of the molecule is CCc1cc2c(s1)SCCCN2. The van der Waals surface area contributed by atoms with Gasteiger partial charge in [0.15, 0.2) is 0 Å². The molecule has 3 heteroatoms. The molecule has 0 saturated carbocycles. The van der Waals surface area contributed by atoms with E-state index < -0.39 is 0 Å². The molecule has 2 heterocycles. The van der Waals surface area contributed by atoms with E-state index in [-0.39, 0.29) is 0 Å². The summed E-state index contributed by atoms with van der Waals surface area (Å²) in [5.41, 5.74) is 1.37. The van der Waals surface area contributed by atoms with Gasteiger partial charge in [-0.05, 0) is 18.9 Å². The van der Waals surface area contributed by atoms with E-state index in [1.165, 1.54) is 33.4 Å². The lowest BCUT2D eigenvalue weighted by atomic mass is 10.3. The van der Waals surface area contributed by atoms with E-state index in [4.69, 9.17) is 0 Å². The van der Waals surface area contributed by atoms with Crippen molar-refractivity contribution in [1.29, 1.82) is 0 Å². The molecule has 0 saturated heterocycles. The van der Waals surface area contributed by atoms with Crippen LogP contribution in [0, 0.1) is 0 Å². The highest BCUT2D eigenvalue weighted by Gasteiger charge is 2.10. The summed E-state index contributed by atoms with van der Waals surface area (Å²) >= 11 is 3.95. The van der Waals surface area contributed by atoms with Crippen molar-refractivity contribution >= 4 is 28.8 Å². The first-order chi connectivity index (χ1) is 5.90. The van der Waals surface area contributed by atoms with E-state index in [0.717, 1.165) is 6.54 Å². The lowest BCUT2D eigenvalue weighted by Crippen LogP contribution is -1.98. The monoisotopic (exact) mass is 199 g/mol. The number of thioether (sulfide) groups is 1. The van der Waals surface area contributed by atoms with Gasteiger partial charge in [0.1, 0.15) is 0 Å². The maximum absolute atomic E-state index is 3.47. The van der Waals surface area contributed by atoms with Gasteiger partial charge in [-0.1, -0.05) is 6.92 Å². The van der Waals surface area contributed by atoms with Crippen LogP contribution in [0.3, 0.4) is 0 Å². The summed E-state index contributed by atoms with van der Waals surface area (Å²) in [5, 5.41) is 3.47. The fourth-order valence-electron chi connectivity index (χ4n) is 1.29. The number of thiophene rings is 1. The van der Waals surface area contributed by atoms with Gasteiger partial charge in [0.2, 0.25) is 0 Å². The van der Waals surface area contributed by atoms with Gasteiger partial charge in [-0.2, -0.15) is 0 Å². The smallest absolute Gasteiger partial charge is 0.0833 e. The summed E-state index contributed by atoms with van der Waals surface area (Å²) in [6, 6.07) is 2.30. The molecule has 1 nitrogen and oxygen atoms in total. The topological polar surface area (TPSA) is 12.0 Å². The predicted octanol–water partition coefficient (Wildman–Crippen LogP) is 3.22. The van der Waals surface area contributed by atoms with Crippen molar-refractivity contribution in [2.24, 2.45) is 0 Å². The summed E-state index contributed by atoms with van der Waals surface area (Å²) < 4.78 is 1.49. The van der Waals surface area contributed by atoms with E-state index in [2.05, 4.69) is 18.3 Å². The van der Waals surface area contributed by atoms with Gasteiger partial charge in [0.05, 0.1) is 9.90 Å². The van der Waals surface area contributed by atoms with E-state index >= 15 is 0 Å². The number of hydrogen-bond donors (Lipinski definition) is 1. The molecule has 0 spiro atoms. The molecule has 12 heavy (non-hydrogen) atoms. The Balaban J connectivity index is 2.26. The first kappa shape index (κ1) is 8.45. The minimum Gasteiger partial charge on any atom is -0.383 e. The number of rotatable bonds is 1. The lowest BCUT2D eigenvalue weighted by Gasteiger charge is -1.97. The molecule has 1 aliphatic heterocycles. The predicted molar refractivity (Wildman–Crippen MR) is 57.5 cm³/mol. The molecule has 0 atom stereocenters. The minimum absolute atomic E-state index is 1.14. The summed E-state index contributed by atoms with van der Waals surface area (Å²) in [6.45, 7) is 3.36. The van der Waals surface area contributed by atoms with Crippen molar-refractivity contribution in [3.05, 3.63) is 10.9 Å². The number of anilines is 1. The van der Waals surface area contributed by atoms with Crippen molar-refractivity contribution in [2.45, 2.75) is 24.0 Å². The highest BCUT2D eigenvalue weighted by Crippen LogP contribution is 2.38. The third-order valence-corrected chi connectivity index (χ3v) is 4.62. The molecule has 2 rings (SSSR count). The van der Waals surface area contributed by atoms with E-state index in [9.17, 15) is 0 Å². The van der Waals surface area contributed by atoms with Crippen LogP contribution in [0.25, 0.3) is 0 Å². The largest absolute Gasteiger partial charge is 0.383 e. The average molecular weight is 199 g/mol. The number of hydrogen-bond acceptors (Lipinski definition) is 3. The Morgan fingerprint density at radius 2 is 2.50 bits per heavy atom. The Hall–Kier alpha value is -0.150. The van der Waals surface area contributed by atoms with Crippen molar-refractivity contribution in [3.8, 4) is 0 Å². The third kappa shape index (κ3) is 1.62. The fraction of sp³-hybridized carbons (Fsp3) is 0.556. The Labute approximate surface area is 81.6 Å². The molecule has 1 aliphatic rings. The highest BCUT2D eigenvalue weighted by molar-refractivity contribution is 8.01. The first-order valence-electron chi connectivity index (χ1n) is 4.39. The maximum Gasteiger partial charge on any atom is 0.0833 e. The van der Waals surface area contributed by atoms with Gasteiger partial charge < -0.3 is 5.32 Å². The standard InChI is InChI=1S/C9H13NS2/c1-2-7-6-8-9(12-7)11-5-3-4-10-8/h6,10H,2-5H2,1H3. The molecule has 66 valence electrons. The molecular weight excluding hydrogens is 186 g/mol. The van der Waals surface area contributed by atoms with Crippen LogP contribution in [-0.4, -0.2) is 12.3 Å². The fourth-order valence-corrected chi connectivity index (χ4v) is 3.66. The lowest BCUT2D eigenvalue weighted by molar-refractivity contribution is 1.000. The van der Waals surface area contributed by atoms with Crippen molar-refractivity contribution in [3.63, 3.8) is 0 Å². The molecule has 0 bridgehead atoms. The third-order valence-electron chi connectivity index (χ3n) is 1.97. The molecule has 0 amide bonds. The average Bonchev–Trinajstić information content (AvgIpc) is 2.37. The zero-order chi connectivity index (χ0) is 8.39. The van der Waals surface area contributed by atoms with Crippen LogP contribution in [0.5, 0.6) is 0 Å². The van der Waals surface area contributed by atoms with Gasteiger partial charge in [0, 0.05) is 17.2 Å². The normalized spacial score (nSPS) is 16.4. The van der Waals surface area contributed by atoms with Gasteiger partial charge in [-0.25, -0.2) is 0 Å². The molecule has 1 N–H and O–H groups in total. The summed E-state index contributed by atoms with van der Waals surface area (Å²) in [7, 11) is 0. The van der Waals surface area contributed by atoms with Gasteiger partial charge in [-0.3, -0.25) is 0 Å².